The Kier molecular flexibility index (Phi) is 3.60. The van der Waals surface area contributed by atoms with E-state index >= 15 is 0 Å². The minimum atomic E-state index is -0.183. The van der Waals surface area contributed by atoms with E-state index < -0.39 is 0 Å². The molecule has 0 saturated carbocycles. The van der Waals surface area contributed by atoms with Gasteiger partial charge < -0.3 is 8.98 Å². The zero-order valence-corrected chi connectivity index (χ0v) is 13.5. The van der Waals surface area contributed by atoms with Crippen LogP contribution in [0.25, 0.3) is 11.0 Å². The first-order valence-corrected chi connectivity index (χ1v) is 7.89. The fraction of sp³-hybridized carbons (Fsp3) is 0.0556. The third-order valence-corrected chi connectivity index (χ3v) is 4.37. The molecule has 5 heteroatoms. The molecule has 0 aliphatic heterocycles. The number of hydrogen-bond acceptors (Lipinski definition) is 2. The predicted molar refractivity (Wildman–Crippen MR) is 92.1 cm³/mol. The number of nitrogens with zero attached hydrogens (tertiary/aromatic N) is 2. The Labute approximate surface area is 143 Å². The number of halogens is 2. The standard InChI is InChI=1S/C18H12Cl2N2O/c19-13-5-6-16-12(9-13)10-17(23-16)18(22-8-7-21-11-22)14-3-1-2-4-15(14)20/h1-11,18H. The van der Waals surface area contributed by atoms with Gasteiger partial charge in [-0.25, -0.2) is 4.98 Å². The molecule has 0 N–H and O–H groups in total. The summed E-state index contributed by atoms with van der Waals surface area (Å²) in [6, 6.07) is 15.1. The quantitative estimate of drug-likeness (QED) is 0.487. The van der Waals surface area contributed by atoms with E-state index in [0.717, 1.165) is 22.3 Å². The molecule has 2 heterocycles. The summed E-state index contributed by atoms with van der Waals surface area (Å²) in [6.45, 7) is 0. The van der Waals surface area contributed by atoms with Crippen molar-refractivity contribution in [3.63, 3.8) is 0 Å². The largest absolute Gasteiger partial charge is 0.458 e. The van der Waals surface area contributed by atoms with Gasteiger partial charge in [-0.3, -0.25) is 0 Å². The second kappa shape index (κ2) is 5.76. The van der Waals surface area contributed by atoms with Gasteiger partial charge in [0.15, 0.2) is 0 Å². The number of fused-ring (bicyclic) bond motifs is 1. The molecule has 1 atom stereocenters. The van der Waals surface area contributed by atoms with Crippen LogP contribution in [-0.2, 0) is 0 Å². The molecule has 0 bridgehead atoms. The lowest BCUT2D eigenvalue weighted by molar-refractivity contribution is 0.488. The van der Waals surface area contributed by atoms with Crippen LogP contribution in [0.2, 0.25) is 10.0 Å². The van der Waals surface area contributed by atoms with Crippen molar-refractivity contribution in [1.82, 2.24) is 9.55 Å². The monoisotopic (exact) mass is 342 g/mol. The first kappa shape index (κ1) is 14.4. The fourth-order valence-corrected chi connectivity index (χ4v) is 3.17. The number of imidazole rings is 1. The van der Waals surface area contributed by atoms with Crippen molar-refractivity contribution < 1.29 is 4.42 Å². The van der Waals surface area contributed by atoms with Gasteiger partial charge in [0.2, 0.25) is 0 Å². The summed E-state index contributed by atoms with van der Waals surface area (Å²) in [7, 11) is 0. The van der Waals surface area contributed by atoms with Crippen LogP contribution >= 0.6 is 23.2 Å². The normalized spacial score (nSPS) is 12.6. The summed E-state index contributed by atoms with van der Waals surface area (Å²) >= 11 is 12.5. The maximum atomic E-state index is 6.41. The van der Waals surface area contributed by atoms with Gasteiger partial charge in [-0.05, 0) is 30.3 Å². The van der Waals surface area contributed by atoms with E-state index in [1.165, 1.54) is 0 Å². The smallest absolute Gasteiger partial charge is 0.134 e. The van der Waals surface area contributed by atoms with Gasteiger partial charge >= 0.3 is 0 Å². The molecule has 0 fully saturated rings. The minimum Gasteiger partial charge on any atom is -0.458 e. The number of rotatable bonds is 3. The van der Waals surface area contributed by atoms with Crippen LogP contribution in [0.5, 0.6) is 0 Å². The average molecular weight is 343 g/mol. The molecule has 4 rings (SSSR count). The maximum Gasteiger partial charge on any atom is 0.134 e. The van der Waals surface area contributed by atoms with Crippen LogP contribution < -0.4 is 0 Å². The van der Waals surface area contributed by atoms with Crippen LogP contribution in [0.15, 0.2) is 71.7 Å². The van der Waals surface area contributed by atoms with Gasteiger partial charge in [-0.15, -0.1) is 0 Å². The molecule has 0 amide bonds. The van der Waals surface area contributed by atoms with E-state index in [9.17, 15) is 0 Å². The highest BCUT2D eigenvalue weighted by Gasteiger charge is 2.22. The summed E-state index contributed by atoms with van der Waals surface area (Å²) < 4.78 is 8.03. The Bertz CT molecular complexity index is 960. The molecule has 3 nitrogen and oxygen atoms in total. The molecule has 0 spiro atoms. The highest BCUT2D eigenvalue weighted by atomic mass is 35.5. The molecular weight excluding hydrogens is 331 g/mol. The molecule has 2 aromatic carbocycles. The van der Waals surface area contributed by atoms with E-state index in [4.69, 9.17) is 27.6 Å². The Hall–Kier alpha value is -2.23. The van der Waals surface area contributed by atoms with Crippen molar-refractivity contribution in [2.45, 2.75) is 6.04 Å². The molecular formula is C18H12Cl2N2O. The van der Waals surface area contributed by atoms with E-state index in [1.807, 2.05) is 59.3 Å². The number of furan rings is 1. The predicted octanol–water partition coefficient (Wildman–Crippen LogP) is 5.57. The minimum absolute atomic E-state index is 0.183. The third-order valence-electron chi connectivity index (χ3n) is 3.79. The highest BCUT2D eigenvalue weighted by molar-refractivity contribution is 6.31. The zero-order chi connectivity index (χ0) is 15.8. The summed E-state index contributed by atoms with van der Waals surface area (Å²) in [6.07, 6.45) is 5.39. The Balaban J connectivity index is 1.92. The van der Waals surface area contributed by atoms with Gasteiger partial charge in [0.05, 0.1) is 6.33 Å². The van der Waals surface area contributed by atoms with Gasteiger partial charge in [-0.2, -0.15) is 0 Å². The SMILES string of the molecule is Clc1ccc2oc(C(c3ccccc3Cl)n3ccnc3)cc2c1. The number of benzene rings is 2. The van der Waals surface area contributed by atoms with Crippen LogP contribution in [0.1, 0.15) is 17.4 Å². The molecule has 0 aliphatic rings. The second-order valence-electron chi connectivity index (χ2n) is 5.26. The van der Waals surface area contributed by atoms with Crippen molar-refractivity contribution >= 4 is 34.2 Å². The number of hydrogen-bond donors (Lipinski definition) is 0. The molecule has 23 heavy (non-hydrogen) atoms. The lowest BCUT2D eigenvalue weighted by Gasteiger charge is -2.17. The lowest BCUT2D eigenvalue weighted by atomic mass is 10.0. The second-order valence-corrected chi connectivity index (χ2v) is 6.11. The summed E-state index contributed by atoms with van der Waals surface area (Å²) in [5.41, 5.74) is 1.75. The van der Waals surface area contributed by atoms with E-state index in [-0.39, 0.29) is 6.04 Å². The Morgan fingerprint density at radius 3 is 2.70 bits per heavy atom. The van der Waals surface area contributed by atoms with E-state index in [0.29, 0.717) is 10.0 Å². The van der Waals surface area contributed by atoms with Gasteiger partial charge in [0.25, 0.3) is 0 Å². The van der Waals surface area contributed by atoms with Crippen molar-refractivity contribution in [2.75, 3.05) is 0 Å². The molecule has 0 saturated heterocycles. The molecule has 0 aliphatic carbocycles. The van der Waals surface area contributed by atoms with Gasteiger partial charge in [0, 0.05) is 33.4 Å². The van der Waals surface area contributed by atoms with Gasteiger partial charge in [0.1, 0.15) is 17.4 Å². The first-order chi connectivity index (χ1) is 11.2. The van der Waals surface area contributed by atoms with Crippen molar-refractivity contribution in [3.05, 3.63) is 88.6 Å². The van der Waals surface area contributed by atoms with Crippen LogP contribution in [0.4, 0.5) is 0 Å². The topological polar surface area (TPSA) is 31.0 Å². The molecule has 114 valence electrons. The molecule has 2 aromatic heterocycles. The van der Waals surface area contributed by atoms with Crippen molar-refractivity contribution in [1.29, 1.82) is 0 Å². The van der Waals surface area contributed by atoms with Crippen LogP contribution in [0, 0.1) is 0 Å². The average Bonchev–Trinajstić information content (AvgIpc) is 3.19. The van der Waals surface area contributed by atoms with E-state index in [1.54, 1.807) is 12.5 Å². The highest BCUT2D eigenvalue weighted by Crippen LogP contribution is 2.35. The Morgan fingerprint density at radius 1 is 1.04 bits per heavy atom. The lowest BCUT2D eigenvalue weighted by Crippen LogP contribution is -2.10. The van der Waals surface area contributed by atoms with Crippen molar-refractivity contribution in [3.8, 4) is 0 Å². The fourth-order valence-electron chi connectivity index (χ4n) is 2.75. The van der Waals surface area contributed by atoms with Crippen molar-refractivity contribution in [2.24, 2.45) is 0 Å². The Morgan fingerprint density at radius 2 is 1.91 bits per heavy atom. The molecule has 4 aromatic rings. The summed E-state index contributed by atoms with van der Waals surface area (Å²) in [4.78, 5) is 4.15. The zero-order valence-electron chi connectivity index (χ0n) is 12.0. The first-order valence-electron chi connectivity index (χ1n) is 7.13. The maximum absolute atomic E-state index is 6.41. The van der Waals surface area contributed by atoms with Crippen LogP contribution in [0.3, 0.4) is 0 Å². The summed E-state index contributed by atoms with van der Waals surface area (Å²) in [5.74, 6) is 0.786. The third kappa shape index (κ3) is 2.62. The number of aromatic nitrogens is 2. The van der Waals surface area contributed by atoms with E-state index in [2.05, 4.69) is 4.98 Å². The molecule has 0 radical (unpaired) electrons. The van der Waals surface area contributed by atoms with Crippen LogP contribution in [-0.4, -0.2) is 9.55 Å². The van der Waals surface area contributed by atoms with Gasteiger partial charge in [-0.1, -0.05) is 41.4 Å². The summed E-state index contributed by atoms with van der Waals surface area (Å²) in [5, 5.41) is 2.33. The molecule has 1 unspecified atom stereocenters.